The molecule has 2 aliphatic rings. The summed E-state index contributed by atoms with van der Waals surface area (Å²) in [6.07, 6.45) is 19.6. The van der Waals surface area contributed by atoms with Gasteiger partial charge in [-0.1, -0.05) is 51.0 Å². The SMILES string of the molecule is CCCCSC1(C(C)(C)C2=[C-]CC=C2)CC=CC=C1C.[Cl-].[Cl-].[Ti+3]. The Labute approximate surface area is 174 Å². The molecule has 1 unspecified atom stereocenters. The van der Waals surface area contributed by atoms with Crippen LogP contribution in [0.1, 0.15) is 53.4 Å². The molecule has 0 aromatic rings. The van der Waals surface area contributed by atoms with E-state index in [2.05, 4.69) is 75.9 Å². The van der Waals surface area contributed by atoms with Crippen molar-refractivity contribution in [2.24, 2.45) is 5.41 Å². The molecule has 0 fully saturated rings. The first-order valence-electron chi connectivity index (χ1n) is 7.80. The summed E-state index contributed by atoms with van der Waals surface area (Å²) < 4.78 is 0.188. The van der Waals surface area contributed by atoms with Crippen LogP contribution in [0.15, 0.2) is 41.5 Å². The van der Waals surface area contributed by atoms with Crippen LogP contribution >= 0.6 is 11.8 Å². The minimum Gasteiger partial charge on any atom is -1.00 e. The second-order valence-electron chi connectivity index (χ2n) is 6.33. The Morgan fingerprint density at radius 1 is 1.26 bits per heavy atom. The fraction of sp³-hybridized carbons (Fsp3) is 0.579. The van der Waals surface area contributed by atoms with E-state index >= 15 is 0 Å². The third kappa shape index (κ3) is 5.29. The molecular formula is C19H27Cl2STi. The summed E-state index contributed by atoms with van der Waals surface area (Å²) in [6.45, 7) is 9.39. The fourth-order valence-corrected chi connectivity index (χ4v) is 5.05. The van der Waals surface area contributed by atoms with Gasteiger partial charge in [-0.25, -0.2) is 11.6 Å². The zero-order chi connectivity index (χ0) is 14.6. The second kappa shape index (κ2) is 11.3. The quantitative estimate of drug-likeness (QED) is 0.337. The summed E-state index contributed by atoms with van der Waals surface area (Å²) in [7, 11) is 0. The standard InChI is InChI=1S/C19H27S.2ClH.Ti/c1-5-6-15-20-19(14-10-9-11-16(19)2)18(3,4)17-12-7-8-13-17;;;/h7,9-12H,5-6,8,14-15H2,1-4H3;2*1H;/q-1;;;+3/p-2. The molecule has 0 spiro atoms. The third-order valence-electron chi connectivity index (χ3n) is 4.75. The third-order valence-corrected chi connectivity index (χ3v) is 6.73. The smallest absolute Gasteiger partial charge is 1.00 e. The van der Waals surface area contributed by atoms with Crippen molar-refractivity contribution in [2.45, 2.75) is 58.1 Å². The van der Waals surface area contributed by atoms with Crippen LogP contribution in [-0.2, 0) is 21.7 Å². The van der Waals surface area contributed by atoms with Gasteiger partial charge in [0.25, 0.3) is 0 Å². The second-order valence-corrected chi connectivity index (χ2v) is 7.73. The summed E-state index contributed by atoms with van der Waals surface area (Å²) in [4.78, 5) is 0. The normalized spacial score (nSPS) is 22.4. The van der Waals surface area contributed by atoms with Crippen molar-refractivity contribution in [3.8, 4) is 0 Å². The summed E-state index contributed by atoms with van der Waals surface area (Å²) in [5.41, 5.74) is 3.04. The predicted octanol–water partition coefficient (Wildman–Crippen LogP) is -0.114. The Bertz CT molecular complexity index is 478. The molecule has 0 saturated heterocycles. The minimum absolute atomic E-state index is 0. The molecule has 2 rings (SSSR count). The van der Waals surface area contributed by atoms with Gasteiger partial charge >= 0.3 is 21.7 Å². The topological polar surface area (TPSA) is 0 Å². The maximum absolute atomic E-state index is 3.57. The fourth-order valence-electron chi connectivity index (χ4n) is 3.29. The van der Waals surface area contributed by atoms with Gasteiger partial charge < -0.3 is 24.8 Å². The van der Waals surface area contributed by atoms with Crippen LogP contribution in [0, 0.1) is 11.5 Å². The Morgan fingerprint density at radius 2 is 1.96 bits per heavy atom. The molecule has 1 atom stereocenters. The summed E-state index contributed by atoms with van der Waals surface area (Å²) in [6, 6.07) is 0. The number of rotatable bonds is 6. The van der Waals surface area contributed by atoms with E-state index in [0.717, 1.165) is 12.8 Å². The molecule has 1 radical (unpaired) electrons. The maximum Gasteiger partial charge on any atom is 3.00 e. The Balaban J connectivity index is 0. The van der Waals surface area contributed by atoms with Gasteiger partial charge in [-0.2, -0.15) is 6.08 Å². The van der Waals surface area contributed by atoms with Gasteiger partial charge in [0.2, 0.25) is 0 Å². The molecule has 4 heteroatoms. The molecule has 0 aromatic heterocycles. The van der Waals surface area contributed by atoms with Crippen LogP contribution in [0.25, 0.3) is 0 Å². The van der Waals surface area contributed by atoms with E-state index in [1.165, 1.54) is 29.7 Å². The van der Waals surface area contributed by atoms with Crippen LogP contribution in [0.2, 0.25) is 0 Å². The van der Waals surface area contributed by atoms with E-state index in [1.807, 2.05) is 0 Å². The molecule has 0 heterocycles. The molecule has 0 N–H and O–H groups in total. The van der Waals surface area contributed by atoms with Gasteiger partial charge in [-0.15, -0.1) is 18.2 Å². The first-order chi connectivity index (χ1) is 9.54. The monoisotopic (exact) mass is 405 g/mol. The average Bonchev–Trinajstić information content (AvgIpc) is 2.96. The Hall–Kier alpha value is 0.604. The van der Waals surface area contributed by atoms with Gasteiger partial charge in [0, 0.05) is 4.75 Å². The Morgan fingerprint density at radius 3 is 2.48 bits per heavy atom. The number of hydrogen-bond donors (Lipinski definition) is 0. The Kier molecular flexibility index (Phi) is 12.7. The number of allylic oxidation sites excluding steroid dienone is 7. The molecule has 0 bridgehead atoms. The van der Waals surface area contributed by atoms with E-state index < -0.39 is 0 Å². The minimum atomic E-state index is 0. The largest absolute Gasteiger partial charge is 3.00 e. The summed E-state index contributed by atoms with van der Waals surface area (Å²) >= 11 is 2.16. The molecule has 2 aliphatic carbocycles. The van der Waals surface area contributed by atoms with Gasteiger partial charge in [-0.05, 0) is 30.9 Å². The molecule has 0 nitrogen and oxygen atoms in total. The first kappa shape index (κ1) is 25.8. The predicted molar refractivity (Wildman–Crippen MR) is 91.9 cm³/mol. The van der Waals surface area contributed by atoms with Crippen molar-refractivity contribution in [1.29, 1.82) is 0 Å². The molecule has 0 aliphatic heterocycles. The molecule has 0 saturated carbocycles. The zero-order valence-corrected chi connectivity index (χ0v) is 18.5. The van der Waals surface area contributed by atoms with Crippen molar-refractivity contribution >= 4 is 11.8 Å². The van der Waals surface area contributed by atoms with Crippen LogP contribution in [0.4, 0.5) is 0 Å². The van der Waals surface area contributed by atoms with Gasteiger partial charge in [0.1, 0.15) is 0 Å². The number of unbranched alkanes of at least 4 members (excludes halogenated alkanes) is 1. The van der Waals surface area contributed by atoms with Crippen molar-refractivity contribution in [3.05, 3.63) is 47.6 Å². The molecule has 0 amide bonds. The van der Waals surface area contributed by atoms with E-state index in [-0.39, 0.29) is 56.7 Å². The van der Waals surface area contributed by atoms with Gasteiger partial charge in [0.15, 0.2) is 0 Å². The van der Waals surface area contributed by atoms with E-state index in [1.54, 1.807) is 0 Å². The van der Waals surface area contributed by atoms with E-state index in [4.69, 9.17) is 0 Å². The number of halogens is 2. The molecular weight excluding hydrogens is 379 g/mol. The van der Waals surface area contributed by atoms with Crippen LogP contribution in [0.5, 0.6) is 0 Å². The summed E-state index contributed by atoms with van der Waals surface area (Å²) in [5, 5.41) is 0. The van der Waals surface area contributed by atoms with Crippen LogP contribution in [-0.4, -0.2) is 10.5 Å². The van der Waals surface area contributed by atoms with Crippen LogP contribution in [0.3, 0.4) is 0 Å². The van der Waals surface area contributed by atoms with Crippen molar-refractivity contribution in [2.75, 3.05) is 5.75 Å². The zero-order valence-electron chi connectivity index (χ0n) is 14.6. The number of hydrogen-bond acceptors (Lipinski definition) is 1. The molecule has 0 aromatic carbocycles. The van der Waals surface area contributed by atoms with Crippen molar-refractivity contribution in [3.63, 3.8) is 0 Å². The molecule has 23 heavy (non-hydrogen) atoms. The van der Waals surface area contributed by atoms with E-state index in [0.29, 0.717) is 0 Å². The average molecular weight is 406 g/mol. The van der Waals surface area contributed by atoms with Crippen LogP contribution < -0.4 is 24.8 Å². The van der Waals surface area contributed by atoms with Crippen molar-refractivity contribution < 1.29 is 46.5 Å². The van der Waals surface area contributed by atoms with Gasteiger partial charge in [-0.3, -0.25) is 6.08 Å². The van der Waals surface area contributed by atoms with Crippen molar-refractivity contribution in [1.82, 2.24) is 0 Å². The first-order valence-corrected chi connectivity index (χ1v) is 8.79. The van der Waals surface area contributed by atoms with Gasteiger partial charge in [0.05, 0.1) is 0 Å². The van der Waals surface area contributed by atoms with E-state index in [9.17, 15) is 0 Å². The molecule has 127 valence electrons. The maximum atomic E-state index is 3.57. The summed E-state index contributed by atoms with van der Waals surface area (Å²) in [5.74, 6) is 1.25. The number of thioether (sulfide) groups is 1.